The first-order chi connectivity index (χ1) is 8.83. The van der Waals surface area contributed by atoms with Crippen LogP contribution in [0.5, 0.6) is 0 Å². The molecule has 0 bridgehead atoms. The molecule has 1 aliphatic heterocycles. The fraction of sp³-hybridized carbons (Fsp3) is 1.00. The first-order valence-corrected chi connectivity index (χ1v) is 7.79. The molecule has 3 nitrogen and oxygen atoms in total. The quantitative estimate of drug-likeness (QED) is 0.649. The van der Waals surface area contributed by atoms with Crippen LogP contribution in [0.1, 0.15) is 73.1 Å². The number of hydrogen-bond donors (Lipinski definition) is 0. The van der Waals surface area contributed by atoms with E-state index >= 15 is 0 Å². The van der Waals surface area contributed by atoms with Crippen molar-refractivity contribution in [3.8, 4) is 0 Å². The Labute approximate surface area is 119 Å². The Morgan fingerprint density at radius 1 is 1.00 bits per heavy atom. The summed E-state index contributed by atoms with van der Waals surface area (Å²) in [6, 6.07) is 0. The van der Waals surface area contributed by atoms with E-state index in [0.717, 1.165) is 19.4 Å². The molecule has 0 unspecified atom stereocenters. The molecular weight excluding hydrogens is 238 g/mol. The molecule has 1 saturated heterocycles. The molecule has 0 saturated carbocycles. The molecule has 3 heteroatoms. The van der Waals surface area contributed by atoms with Crippen molar-refractivity contribution in [2.24, 2.45) is 0 Å². The van der Waals surface area contributed by atoms with Crippen molar-refractivity contribution >= 4 is 0 Å². The van der Waals surface area contributed by atoms with Crippen LogP contribution < -0.4 is 0 Å². The third-order valence-corrected chi connectivity index (χ3v) is 4.09. The van der Waals surface area contributed by atoms with Gasteiger partial charge in [0.2, 0.25) is 0 Å². The largest absolute Gasteiger partial charge is 0.378 e. The van der Waals surface area contributed by atoms with Crippen LogP contribution >= 0.6 is 0 Å². The van der Waals surface area contributed by atoms with Crippen LogP contribution in [0.3, 0.4) is 0 Å². The summed E-state index contributed by atoms with van der Waals surface area (Å²) in [6.07, 6.45) is 7.53. The summed E-state index contributed by atoms with van der Waals surface area (Å²) in [5.74, 6) is 0. The monoisotopic (exact) mass is 271 g/mol. The van der Waals surface area contributed by atoms with Crippen molar-refractivity contribution in [3.05, 3.63) is 0 Å². The minimum atomic E-state index is 0.0323. The normalized spacial score (nSPS) is 23.7. The van der Waals surface area contributed by atoms with Gasteiger partial charge in [0.25, 0.3) is 0 Å². The van der Waals surface area contributed by atoms with Gasteiger partial charge in [0, 0.05) is 17.7 Å². The summed E-state index contributed by atoms with van der Waals surface area (Å²) in [5.41, 5.74) is 0.0647. The molecule has 1 aliphatic rings. The van der Waals surface area contributed by atoms with E-state index in [1.807, 2.05) is 0 Å². The van der Waals surface area contributed by atoms with Crippen LogP contribution in [0.4, 0.5) is 0 Å². The average Bonchev–Trinajstić information content (AvgIpc) is 2.26. The summed E-state index contributed by atoms with van der Waals surface area (Å²) in [7, 11) is 1.77. The molecule has 0 aliphatic carbocycles. The zero-order valence-electron chi connectivity index (χ0n) is 13.8. The molecule has 1 heterocycles. The highest BCUT2D eigenvalue weighted by molar-refractivity contribution is 4.97. The smallest absolute Gasteiger partial charge is 0.0611 e. The Morgan fingerprint density at radius 3 is 2.05 bits per heavy atom. The van der Waals surface area contributed by atoms with Gasteiger partial charge in [-0.05, 0) is 47.0 Å². The van der Waals surface area contributed by atoms with Crippen molar-refractivity contribution in [3.63, 3.8) is 0 Å². The van der Waals surface area contributed by atoms with E-state index in [1.54, 1.807) is 7.11 Å². The van der Waals surface area contributed by atoms with Crippen LogP contribution in [-0.2, 0) is 9.57 Å². The van der Waals surface area contributed by atoms with Crippen LogP contribution in [0.25, 0.3) is 0 Å². The summed E-state index contributed by atoms with van der Waals surface area (Å²) < 4.78 is 6.11. The lowest BCUT2D eigenvalue weighted by atomic mass is 9.80. The molecule has 1 fully saturated rings. The minimum Gasteiger partial charge on any atom is -0.378 e. The zero-order valence-corrected chi connectivity index (χ0v) is 13.8. The first-order valence-electron chi connectivity index (χ1n) is 7.79. The van der Waals surface area contributed by atoms with Crippen molar-refractivity contribution in [2.75, 3.05) is 13.7 Å². The molecule has 0 radical (unpaired) electrons. The van der Waals surface area contributed by atoms with Gasteiger partial charge >= 0.3 is 0 Å². The number of hydrogen-bond acceptors (Lipinski definition) is 3. The number of nitrogens with zero attached hydrogens (tertiary/aromatic N) is 1. The molecule has 0 aromatic heterocycles. The van der Waals surface area contributed by atoms with E-state index in [2.05, 4.69) is 39.7 Å². The van der Waals surface area contributed by atoms with Gasteiger partial charge in [-0.2, -0.15) is 5.06 Å². The average molecular weight is 271 g/mol. The molecule has 0 spiro atoms. The molecule has 0 aromatic rings. The van der Waals surface area contributed by atoms with Crippen LogP contribution in [0, 0.1) is 0 Å². The minimum absolute atomic E-state index is 0.0323. The van der Waals surface area contributed by atoms with E-state index in [0.29, 0.717) is 6.10 Å². The van der Waals surface area contributed by atoms with E-state index in [4.69, 9.17) is 9.57 Å². The number of ether oxygens (including phenoxy) is 1. The van der Waals surface area contributed by atoms with E-state index in [-0.39, 0.29) is 11.1 Å². The Hall–Kier alpha value is -0.120. The molecule has 0 amide bonds. The maximum Gasteiger partial charge on any atom is 0.0611 e. The number of unbranched alkanes of at least 4 members (excludes halogenated alkanes) is 3. The maximum absolute atomic E-state index is 6.11. The van der Waals surface area contributed by atoms with Crippen molar-refractivity contribution in [2.45, 2.75) is 90.3 Å². The lowest BCUT2D eigenvalue weighted by Gasteiger charge is -2.53. The van der Waals surface area contributed by atoms with E-state index in [1.165, 1.54) is 25.7 Å². The van der Waals surface area contributed by atoms with Gasteiger partial charge < -0.3 is 9.57 Å². The predicted molar refractivity (Wildman–Crippen MR) is 80.1 cm³/mol. The third kappa shape index (κ3) is 4.73. The molecule has 19 heavy (non-hydrogen) atoms. The lowest BCUT2D eigenvalue weighted by Crippen LogP contribution is -2.61. The highest BCUT2D eigenvalue weighted by Gasteiger charge is 2.46. The second-order valence-electron chi connectivity index (χ2n) is 7.06. The zero-order chi connectivity index (χ0) is 14.5. The van der Waals surface area contributed by atoms with Crippen LogP contribution in [0.15, 0.2) is 0 Å². The van der Waals surface area contributed by atoms with E-state index in [9.17, 15) is 0 Å². The highest BCUT2D eigenvalue weighted by Crippen LogP contribution is 2.39. The van der Waals surface area contributed by atoms with Crippen molar-refractivity contribution in [1.29, 1.82) is 0 Å². The topological polar surface area (TPSA) is 21.7 Å². The first kappa shape index (κ1) is 16.9. The van der Waals surface area contributed by atoms with Gasteiger partial charge in [0.05, 0.1) is 13.2 Å². The molecule has 0 N–H and O–H groups in total. The second-order valence-corrected chi connectivity index (χ2v) is 7.06. The van der Waals surface area contributed by atoms with Gasteiger partial charge in [-0.25, -0.2) is 0 Å². The fourth-order valence-corrected chi connectivity index (χ4v) is 3.56. The van der Waals surface area contributed by atoms with Gasteiger partial charge in [0.15, 0.2) is 0 Å². The Bertz CT molecular complexity index is 245. The molecule has 0 aromatic carbocycles. The Kier molecular flexibility index (Phi) is 6.28. The van der Waals surface area contributed by atoms with Gasteiger partial charge in [-0.1, -0.05) is 26.2 Å². The SMILES string of the molecule is CCCCCCOC1CC(C)(C)N(OC)C(C)(C)C1. The summed E-state index contributed by atoms with van der Waals surface area (Å²) >= 11 is 0. The molecule has 114 valence electrons. The standard InChI is InChI=1S/C16H33NO2/c1-7-8-9-10-11-19-14-12-15(2,3)17(18-6)16(4,5)13-14/h14H,7-13H2,1-6H3. The van der Waals surface area contributed by atoms with Crippen LogP contribution in [0.2, 0.25) is 0 Å². The van der Waals surface area contributed by atoms with Gasteiger partial charge in [-0.15, -0.1) is 0 Å². The Morgan fingerprint density at radius 2 is 1.58 bits per heavy atom. The number of rotatable bonds is 7. The van der Waals surface area contributed by atoms with Gasteiger partial charge in [-0.3, -0.25) is 0 Å². The number of hydroxylamine groups is 2. The molecule has 0 atom stereocenters. The fourth-order valence-electron chi connectivity index (χ4n) is 3.56. The van der Waals surface area contributed by atoms with Crippen molar-refractivity contribution < 1.29 is 9.57 Å². The molecular formula is C16H33NO2. The van der Waals surface area contributed by atoms with Gasteiger partial charge in [0.1, 0.15) is 0 Å². The van der Waals surface area contributed by atoms with Crippen LogP contribution in [-0.4, -0.2) is 36.0 Å². The summed E-state index contributed by atoms with van der Waals surface area (Å²) in [6.45, 7) is 12.1. The molecule has 1 rings (SSSR count). The Balaban J connectivity index is 2.46. The van der Waals surface area contributed by atoms with Crippen molar-refractivity contribution in [1.82, 2.24) is 5.06 Å². The number of piperidine rings is 1. The third-order valence-electron chi connectivity index (χ3n) is 4.09. The highest BCUT2D eigenvalue weighted by atomic mass is 16.7. The van der Waals surface area contributed by atoms with E-state index < -0.39 is 0 Å². The predicted octanol–water partition coefficient (Wildman–Crippen LogP) is 4.17. The second kappa shape index (κ2) is 7.05. The maximum atomic E-state index is 6.11. The summed E-state index contributed by atoms with van der Waals surface area (Å²) in [5, 5.41) is 2.14. The summed E-state index contributed by atoms with van der Waals surface area (Å²) in [4.78, 5) is 5.61. The lowest BCUT2D eigenvalue weighted by molar-refractivity contribution is -0.280.